The van der Waals surface area contributed by atoms with Gasteiger partial charge in [0.25, 0.3) is 8.32 Å². The van der Waals surface area contributed by atoms with Crippen LogP contribution in [0.2, 0.25) is 18.1 Å². The second-order valence-corrected chi connectivity index (χ2v) is 12.4. The highest BCUT2D eigenvalue weighted by Crippen LogP contribution is 2.41. The Morgan fingerprint density at radius 3 is 2.06 bits per heavy atom. The molecule has 0 radical (unpaired) electrons. The van der Waals surface area contributed by atoms with Crippen LogP contribution >= 0.6 is 31.9 Å². The van der Waals surface area contributed by atoms with E-state index in [9.17, 15) is 0 Å². The van der Waals surface area contributed by atoms with Gasteiger partial charge in [-0.2, -0.15) is 0 Å². The summed E-state index contributed by atoms with van der Waals surface area (Å²) in [5.41, 5.74) is 1.16. The van der Waals surface area contributed by atoms with Crippen molar-refractivity contribution in [1.82, 2.24) is 0 Å². The first-order valence-corrected chi connectivity index (χ1v) is 10.2. The molecule has 96 valence electrons. The molecule has 0 bridgehead atoms. The summed E-state index contributed by atoms with van der Waals surface area (Å²) in [6.45, 7) is 13.4. The molecule has 0 aromatic heterocycles. The first-order valence-electron chi connectivity index (χ1n) is 5.69. The summed E-state index contributed by atoms with van der Waals surface area (Å²) in [5.74, 6) is 0.986. The summed E-state index contributed by atoms with van der Waals surface area (Å²) in [6, 6.07) is 4.13. The fourth-order valence-electron chi connectivity index (χ4n) is 1.23. The standard InChI is InChI=1S/C13H20Br2OSi/c1-9-7-10(14)8-11(15)12(9)16-17(5,6)13(2,3)4/h7-8H,1-6H3. The fraction of sp³-hybridized carbons (Fsp3) is 0.538. The molecule has 17 heavy (non-hydrogen) atoms. The Labute approximate surface area is 122 Å². The van der Waals surface area contributed by atoms with Crippen molar-refractivity contribution in [1.29, 1.82) is 0 Å². The zero-order valence-corrected chi connectivity index (χ0v) is 15.5. The van der Waals surface area contributed by atoms with Crippen molar-refractivity contribution in [3.8, 4) is 5.75 Å². The van der Waals surface area contributed by atoms with Crippen LogP contribution in [0.1, 0.15) is 26.3 Å². The van der Waals surface area contributed by atoms with E-state index >= 15 is 0 Å². The Bertz CT molecular complexity index is 399. The molecular formula is C13H20Br2OSi. The Morgan fingerprint density at radius 1 is 1.12 bits per heavy atom. The molecule has 0 heterocycles. The zero-order valence-electron chi connectivity index (χ0n) is 11.3. The van der Waals surface area contributed by atoms with Crippen molar-refractivity contribution in [3.63, 3.8) is 0 Å². The van der Waals surface area contributed by atoms with Gasteiger partial charge in [-0.25, -0.2) is 0 Å². The lowest BCUT2D eigenvalue weighted by Gasteiger charge is -2.37. The summed E-state index contributed by atoms with van der Waals surface area (Å²) in [7, 11) is -1.77. The molecule has 0 unspecified atom stereocenters. The maximum Gasteiger partial charge on any atom is 0.250 e. The quantitative estimate of drug-likeness (QED) is 0.580. The molecule has 0 saturated heterocycles. The van der Waals surface area contributed by atoms with Crippen LogP contribution in [-0.4, -0.2) is 8.32 Å². The van der Waals surface area contributed by atoms with Crippen molar-refractivity contribution in [2.75, 3.05) is 0 Å². The molecule has 0 aliphatic heterocycles. The van der Waals surface area contributed by atoms with Gasteiger partial charge in [0.1, 0.15) is 5.75 Å². The Hall–Kier alpha value is 0.197. The monoisotopic (exact) mass is 378 g/mol. The van der Waals surface area contributed by atoms with Gasteiger partial charge in [0.15, 0.2) is 0 Å². The minimum atomic E-state index is -1.77. The molecule has 1 aromatic rings. The number of hydrogen-bond acceptors (Lipinski definition) is 1. The van der Waals surface area contributed by atoms with E-state index in [1.807, 2.05) is 6.07 Å². The average molecular weight is 380 g/mol. The first-order chi connectivity index (χ1) is 7.54. The third-order valence-electron chi connectivity index (χ3n) is 3.36. The number of rotatable bonds is 2. The smallest absolute Gasteiger partial charge is 0.250 e. The van der Waals surface area contributed by atoms with Gasteiger partial charge in [-0.1, -0.05) is 36.7 Å². The Kier molecular flexibility index (Phi) is 4.54. The highest BCUT2D eigenvalue weighted by atomic mass is 79.9. The predicted molar refractivity (Wildman–Crippen MR) is 84.4 cm³/mol. The molecule has 0 amide bonds. The summed E-state index contributed by atoms with van der Waals surface area (Å²) >= 11 is 7.08. The Morgan fingerprint density at radius 2 is 1.65 bits per heavy atom. The van der Waals surface area contributed by atoms with Gasteiger partial charge in [-0.05, 0) is 58.7 Å². The molecule has 4 heteroatoms. The largest absolute Gasteiger partial charge is 0.543 e. The highest BCUT2D eigenvalue weighted by molar-refractivity contribution is 9.11. The fourth-order valence-corrected chi connectivity index (χ4v) is 3.98. The maximum absolute atomic E-state index is 6.35. The van der Waals surface area contributed by atoms with Crippen LogP contribution in [0.4, 0.5) is 0 Å². The van der Waals surface area contributed by atoms with Crippen LogP contribution in [-0.2, 0) is 0 Å². The van der Waals surface area contributed by atoms with Crippen molar-refractivity contribution in [2.24, 2.45) is 0 Å². The molecule has 1 rings (SSSR count). The van der Waals surface area contributed by atoms with Crippen molar-refractivity contribution in [3.05, 3.63) is 26.6 Å². The third kappa shape index (κ3) is 3.58. The minimum Gasteiger partial charge on any atom is -0.543 e. The molecule has 0 aliphatic rings. The van der Waals surface area contributed by atoms with Gasteiger partial charge < -0.3 is 4.43 Å². The second-order valence-electron chi connectivity index (χ2n) is 5.90. The molecule has 0 N–H and O–H groups in total. The number of aryl methyl sites for hydroxylation is 1. The summed E-state index contributed by atoms with van der Waals surface area (Å²) in [5, 5.41) is 0.214. The van der Waals surface area contributed by atoms with E-state index in [0.717, 1.165) is 20.3 Å². The van der Waals surface area contributed by atoms with E-state index in [1.165, 1.54) is 0 Å². The highest BCUT2D eigenvalue weighted by Gasteiger charge is 2.39. The van der Waals surface area contributed by atoms with E-state index in [0.29, 0.717) is 0 Å². The number of halogens is 2. The normalized spacial score (nSPS) is 12.7. The lowest BCUT2D eigenvalue weighted by molar-refractivity contribution is 0.486. The van der Waals surface area contributed by atoms with Crippen LogP contribution < -0.4 is 4.43 Å². The molecule has 1 aromatic carbocycles. The summed E-state index contributed by atoms with van der Waals surface area (Å²) < 4.78 is 8.45. The molecule has 0 spiro atoms. The van der Waals surface area contributed by atoms with Gasteiger partial charge in [-0.15, -0.1) is 0 Å². The molecular weight excluding hydrogens is 360 g/mol. The lowest BCUT2D eigenvalue weighted by Crippen LogP contribution is -2.44. The van der Waals surface area contributed by atoms with Gasteiger partial charge >= 0.3 is 0 Å². The number of benzene rings is 1. The van der Waals surface area contributed by atoms with Gasteiger partial charge in [0, 0.05) is 4.47 Å². The zero-order chi connectivity index (χ0) is 13.4. The molecule has 0 saturated carbocycles. The van der Waals surface area contributed by atoms with Crippen LogP contribution in [0.3, 0.4) is 0 Å². The van der Waals surface area contributed by atoms with Gasteiger partial charge in [0.2, 0.25) is 0 Å². The van der Waals surface area contributed by atoms with Gasteiger partial charge in [0.05, 0.1) is 4.47 Å². The van der Waals surface area contributed by atoms with E-state index < -0.39 is 8.32 Å². The van der Waals surface area contributed by atoms with Crippen molar-refractivity contribution >= 4 is 40.2 Å². The predicted octanol–water partition coefficient (Wildman–Crippen LogP) is 5.90. The minimum absolute atomic E-state index is 0.214. The van der Waals surface area contributed by atoms with E-state index in [2.05, 4.69) is 78.7 Å². The van der Waals surface area contributed by atoms with Crippen LogP contribution in [0.5, 0.6) is 5.75 Å². The average Bonchev–Trinajstić information content (AvgIpc) is 2.09. The molecule has 0 atom stereocenters. The second kappa shape index (κ2) is 5.06. The molecule has 0 fully saturated rings. The summed E-state index contributed by atoms with van der Waals surface area (Å²) in [4.78, 5) is 0. The van der Waals surface area contributed by atoms with Crippen LogP contribution in [0.25, 0.3) is 0 Å². The topological polar surface area (TPSA) is 9.23 Å². The maximum atomic E-state index is 6.35. The van der Waals surface area contributed by atoms with Crippen molar-refractivity contribution in [2.45, 2.75) is 45.8 Å². The third-order valence-corrected chi connectivity index (χ3v) is 8.73. The van der Waals surface area contributed by atoms with E-state index in [4.69, 9.17) is 4.43 Å². The van der Waals surface area contributed by atoms with E-state index in [1.54, 1.807) is 0 Å². The summed E-state index contributed by atoms with van der Waals surface area (Å²) in [6.07, 6.45) is 0. The molecule has 1 nitrogen and oxygen atoms in total. The van der Waals surface area contributed by atoms with Crippen LogP contribution in [0, 0.1) is 6.92 Å². The number of hydrogen-bond donors (Lipinski definition) is 0. The SMILES string of the molecule is Cc1cc(Br)cc(Br)c1O[Si](C)(C)C(C)(C)C. The van der Waals surface area contributed by atoms with E-state index in [-0.39, 0.29) is 5.04 Å². The van der Waals surface area contributed by atoms with Crippen molar-refractivity contribution < 1.29 is 4.43 Å². The van der Waals surface area contributed by atoms with Crippen LogP contribution in [0.15, 0.2) is 21.1 Å². The lowest BCUT2D eigenvalue weighted by atomic mass is 10.2. The first kappa shape index (κ1) is 15.3. The molecule has 0 aliphatic carbocycles. The Balaban J connectivity index is 3.13. The van der Waals surface area contributed by atoms with Gasteiger partial charge in [-0.3, -0.25) is 0 Å².